The van der Waals surface area contributed by atoms with Gasteiger partial charge in [-0.3, -0.25) is 0 Å². The summed E-state index contributed by atoms with van der Waals surface area (Å²) in [5, 5.41) is 22.3. The zero-order valence-corrected chi connectivity index (χ0v) is 13.9. The number of nitrogens with zero attached hydrogens (tertiary/aromatic N) is 2. The molecule has 0 spiro atoms. The monoisotopic (exact) mass is 335 g/mol. The normalized spacial score (nSPS) is 16.1. The lowest BCUT2D eigenvalue weighted by molar-refractivity contribution is 0.0683. The van der Waals surface area contributed by atoms with E-state index in [4.69, 9.17) is 5.26 Å². The number of piperidine rings is 1. The summed E-state index contributed by atoms with van der Waals surface area (Å²) in [6.07, 6.45) is 1.04. The molecule has 25 heavy (non-hydrogen) atoms. The highest BCUT2D eigenvalue weighted by atomic mass is 16.3. The number of likely N-dealkylation sites (tertiary alicyclic amines) is 1. The number of nitrogens with one attached hydrogen (secondary N) is 1. The Bertz CT molecular complexity index is 762. The standard InChI is InChI=1S/C20H21N3O2/c21-14-15-5-4-8-18(13-15)22-20(25)23-11-9-17(10-12-23)19(24)16-6-2-1-3-7-16/h1-8,13,17,19,24H,9-12H2,(H,22,25). The Hall–Kier alpha value is -2.84. The van der Waals surface area contributed by atoms with E-state index in [1.54, 1.807) is 29.2 Å². The Labute approximate surface area is 147 Å². The molecule has 1 aliphatic heterocycles. The number of aliphatic hydroxyl groups is 1. The number of nitriles is 1. The third-order valence-electron chi connectivity index (χ3n) is 4.66. The van der Waals surface area contributed by atoms with Crippen molar-refractivity contribution in [1.82, 2.24) is 4.90 Å². The van der Waals surface area contributed by atoms with Crippen molar-refractivity contribution in [3.63, 3.8) is 0 Å². The molecule has 1 saturated heterocycles. The second kappa shape index (κ2) is 7.82. The number of amides is 2. The molecule has 1 aliphatic rings. The highest BCUT2D eigenvalue weighted by molar-refractivity contribution is 5.89. The molecule has 0 radical (unpaired) electrons. The summed E-state index contributed by atoms with van der Waals surface area (Å²) in [6, 6.07) is 18.4. The quantitative estimate of drug-likeness (QED) is 0.901. The fourth-order valence-electron chi connectivity index (χ4n) is 3.21. The number of aliphatic hydroxyl groups excluding tert-OH is 1. The van der Waals surface area contributed by atoms with Crippen LogP contribution >= 0.6 is 0 Å². The number of benzene rings is 2. The van der Waals surface area contributed by atoms with E-state index in [0.29, 0.717) is 24.3 Å². The van der Waals surface area contributed by atoms with Crippen LogP contribution in [0.4, 0.5) is 10.5 Å². The van der Waals surface area contributed by atoms with E-state index in [1.807, 2.05) is 30.3 Å². The molecule has 0 bridgehead atoms. The minimum absolute atomic E-state index is 0.161. The van der Waals surface area contributed by atoms with Crippen LogP contribution in [0.5, 0.6) is 0 Å². The van der Waals surface area contributed by atoms with Crippen LogP contribution in [0, 0.1) is 17.2 Å². The van der Waals surface area contributed by atoms with Gasteiger partial charge in [0, 0.05) is 18.8 Å². The first-order chi connectivity index (χ1) is 12.2. The van der Waals surface area contributed by atoms with E-state index in [0.717, 1.165) is 18.4 Å². The number of hydrogen-bond acceptors (Lipinski definition) is 3. The van der Waals surface area contributed by atoms with Gasteiger partial charge in [-0.15, -0.1) is 0 Å². The maximum Gasteiger partial charge on any atom is 0.321 e. The Morgan fingerprint density at radius 2 is 1.88 bits per heavy atom. The minimum atomic E-state index is -0.487. The molecule has 3 rings (SSSR count). The highest BCUT2D eigenvalue weighted by Crippen LogP contribution is 2.30. The van der Waals surface area contributed by atoms with Gasteiger partial charge in [0.15, 0.2) is 0 Å². The second-order valence-corrected chi connectivity index (χ2v) is 6.30. The van der Waals surface area contributed by atoms with E-state index in [9.17, 15) is 9.90 Å². The van der Waals surface area contributed by atoms with Gasteiger partial charge in [-0.2, -0.15) is 5.26 Å². The summed E-state index contributed by atoms with van der Waals surface area (Å²) in [5.41, 5.74) is 2.07. The Morgan fingerprint density at radius 3 is 2.56 bits per heavy atom. The van der Waals surface area contributed by atoms with Gasteiger partial charge in [0.2, 0.25) is 0 Å². The van der Waals surface area contributed by atoms with E-state index in [-0.39, 0.29) is 11.9 Å². The number of hydrogen-bond donors (Lipinski definition) is 2. The molecule has 1 fully saturated rings. The summed E-state index contributed by atoms with van der Waals surface area (Å²) >= 11 is 0. The van der Waals surface area contributed by atoms with Gasteiger partial charge in [-0.25, -0.2) is 4.79 Å². The molecule has 2 aromatic rings. The fraction of sp³-hybridized carbons (Fsp3) is 0.300. The van der Waals surface area contributed by atoms with Gasteiger partial charge < -0.3 is 15.3 Å². The summed E-state index contributed by atoms with van der Waals surface area (Å²) in [5.74, 6) is 0.161. The molecule has 5 heteroatoms. The highest BCUT2D eigenvalue weighted by Gasteiger charge is 2.28. The predicted molar refractivity (Wildman–Crippen MR) is 95.9 cm³/mol. The lowest BCUT2D eigenvalue weighted by Crippen LogP contribution is -2.42. The molecule has 2 amide bonds. The molecular weight excluding hydrogens is 314 g/mol. The van der Waals surface area contributed by atoms with Crippen molar-refractivity contribution >= 4 is 11.7 Å². The third kappa shape index (κ3) is 4.17. The lowest BCUT2D eigenvalue weighted by atomic mass is 9.87. The van der Waals surface area contributed by atoms with E-state index >= 15 is 0 Å². The van der Waals surface area contributed by atoms with Crippen molar-refractivity contribution in [3.05, 3.63) is 65.7 Å². The summed E-state index contributed by atoms with van der Waals surface area (Å²) < 4.78 is 0. The third-order valence-corrected chi connectivity index (χ3v) is 4.66. The van der Waals surface area contributed by atoms with Gasteiger partial charge in [0.05, 0.1) is 17.7 Å². The van der Waals surface area contributed by atoms with Crippen molar-refractivity contribution < 1.29 is 9.90 Å². The topological polar surface area (TPSA) is 76.4 Å². The van der Waals surface area contributed by atoms with Gasteiger partial charge >= 0.3 is 6.03 Å². The summed E-state index contributed by atoms with van der Waals surface area (Å²) in [4.78, 5) is 14.1. The minimum Gasteiger partial charge on any atom is -0.388 e. The molecule has 0 aromatic heterocycles. The summed E-state index contributed by atoms with van der Waals surface area (Å²) in [7, 11) is 0. The van der Waals surface area contributed by atoms with Crippen LogP contribution in [-0.2, 0) is 0 Å². The van der Waals surface area contributed by atoms with Gasteiger partial charge in [0.25, 0.3) is 0 Å². The maximum atomic E-state index is 12.4. The van der Waals surface area contributed by atoms with Gasteiger partial charge in [-0.05, 0) is 42.5 Å². The molecule has 1 unspecified atom stereocenters. The Kier molecular flexibility index (Phi) is 5.32. The van der Waals surface area contributed by atoms with Crippen molar-refractivity contribution in [2.75, 3.05) is 18.4 Å². The molecule has 128 valence electrons. The number of carbonyl (C=O) groups is 1. The van der Waals surface area contributed by atoms with Crippen LogP contribution in [0.15, 0.2) is 54.6 Å². The smallest absolute Gasteiger partial charge is 0.321 e. The van der Waals surface area contributed by atoms with Crippen LogP contribution in [0.1, 0.15) is 30.1 Å². The molecule has 0 aliphatic carbocycles. The SMILES string of the molecule is N#Cc1cccc(NC(=O)N2CCC(C(O)c3ccccc3)CC2)c1. The number of urea groups is 1. The van der Waals surface area contributed by atoms with Crippen LogP contribution in [0.2, 0.25) is 0 Å². The molecule has 0 saturated carbocycles. The second-order valence-electron chi connectivity index (χ2n) is 6.30. The summed E-state index contributed by atoms with van der Waals surface area (Å²) in [6.45, 7) is 1.22. The molecule has 2 N–H and O–H groups in total. The van der Waals surface area contributed by atoms with Crippen molar-refractivity contribution in [2.45, 2.75) is 18.9 Å². The first-order valence-corrected chi connectivity index (χ1v) is 8.46. The average molecular weight is 335 g/mol. The lowest BCUT2D eigenvalue weighted by Gasteiger charge is -2.34. The molecule has 1 heterocycles. The maximum absolute atomic E-state index is 12.4. The van der Waals surface area contributed by atoms with E-state index in [2.05, 4.69) is 11.4 Å². The number of carbonyl (C=O) groups excluding carboxylic acids is 1. The van der Waals surface area contributed by atoms with Crippen LogP contribution in [0.25, 0.3) is 0 Å². The molecular formula is C20H21N3O2. The van der Waals surface area contributed by atoms with Crippen LogP contribution in [-0.4, -0.2) is 29.1 Å². The van der Waals surface area contributed by atoms with Gasteiger partial charge in [0.1, 0.15) is 0 Å². The molecule has 5 nitrogen and oxygen atoms in total. The van der Waals surface area contributed by atoms with Crippen LogP contribution < -0.4 is 5.32 Å². The molecule has 2 aromatic carbocycles. The largest absolute Gasteiger partial charge is 0.388 e. The average Bonchev–Trinajstić information content (AvgIpc) is 2.68. The first-order valence-electron chi connectivity index (χ1n) is 8.46. The van der Waals surface area contributed by atoms with E-state index < -0.39 is 6.10 Å². The van der Waals surface area contributed by atoms with Crippen molar-refractivity contribution in [1.29, 1.82) is 5.26 Å². The number of anilines is 1. The zero-order valence-electron chi connectivity index (χ0n) is 13.9. The fourth-order valence-corrected chi connectivity index (χ4v) is 3.21. The Balaban J connectivity index is 1.55. The molecule has 1 atom stereocenters. The van der Waals surface area contributed by atoms with Crippen molar-refractivity contribution in [2.24, 2.45) is 5.92 Å². The van der Waals surface area contributed by atoms with Crippen LogP contribution in [0.3, 0.4) is 0 Å². The zero-order chi connectivity index (χ0) is 17.6. The van der Waals surface area contributed by atoms with E-state index in [1.165, 1.54) is 0 Å². The Morgan fingerprint density at radius 1 is 1.16 bits per heavy atom. The first kappa shape index (κ1) is 17.0. The van der Waals surface area contributed by atoms with Crippen molar-refractivity contribution in [3.8, 4) is 6.07 Å². The number of rotatable bonds is 3. The van der Waals surface area contributed by atoms with Gasteiger partial charge in [-0.1, -0.05) is 36.4 Å². The predicted octanol–water partition coefficient (Wildman–Crippen LogP) is 3.54.